The zero-order valence-corrected chi connectivity index (χ0v) is 20.8. The van der Waals surface area contributed by atoms with E-state index in [0.29, 0.717) is 23.0 Å². The third-order valence-electron chi connectivity index (χ3n) is 11.3. The van der Waals surface area contributed by atoms with Gasteiger partial charge in [0.2, 0.25) is 0 Å². The van der Waals surface area contributed by atoms with Crippen LogP contribution < -0.4 is 0 Å². The molecule has 4 saturated carbocycles. The molecule has 0 saturated heterocycles. The highest BCUT2D eigenvalue weighted by Crippen LogP contribution is 2.72. The molecule has 1 N–H and O–H groups in total. The predicted octanol–water partition coefficient (Wildman–Crippen LogP) is 6.96. The normalized spacial score (nSPS) is 46.4. The summed E-state index contributed by atoms with van der Waals surface area (Å²) in [6.45, 7) is 12.1. The van der Waals surface area contributed by atoms with E-state index in [0.717, 1.165) is 62.2 Å². The van der Waals surface area contributed by atoms with E-state index in [9.17, 15) is 9.90 Å². The molecule has 2 heteroatoms. The maximum absolute atomic E-state index is 12.8. The lowest BCUT2D eigenvalue weighted by Gasteiger charge is -2.60. The lowest BCUT2D eigenvalue weighted by Crippen LogP contribution is -2.57. The van der Waals surface area contributed by atoms with Gasteiger partial charge in [0.05, 0.1) is 11.5 Å². The fourth-order valence-electron chi connectivity index (χ4n) is 9.75. The molecule has 174 valence electrons. The average molecular weight is 427 g/mol. The number of aliphatic hydroxyl groups is 1. The lowest BCUT2D eigenvalue weighted by atomic mass is 9.44. The van der Waals surface area contributed by atoms with Gasteiger partial charge in [-0.15, -0.1) is 0 Å². The summed E-state index contributed by atoms with van der Waals surface area (Å²) in [5, 5.41) is 11.7. The molecule has 0 radical (unpaired) electrons. The number of hydrogen-bond donors (Lipinski definition) is 1. The number of ketones is 1. The van der Waals surface area contributed by atoms with E-state index >= 15 is 0 Å². The summed E-state index contributed by atoms with van der Waals surface area (Å²) in [4.78, 5) is 12.8. The van der Waals surface area contributed by atoms with E-state index in [1.807, 2.05) is 0 Å². The highest BCUT2D eigenvalue weighted by Gasteiger charge is 2.67. The van der Waals surface area contributed by atoms with Crippen LogP contribution in [0.2, 0.25) is 0 Å². The molecular weight excluding hydrogens is 380 g/mol. The van der Waals surface area contributed by atoms with Crippen LogP contribution in [0, 0.1) is 51.8 Å². The second kappa shape index (κ2) is 7.44. The van der Waals surface area contributed by atoms with Gasteiger partial charge in [-0.1, -0.05) is 65.5 Å². The summed E-state index contributed by atoms with van der Waals surface area (Å²) in [7, 11) is 0. The second-order valence-electron chi connectivity index (χ2n) is 13.3. The highest BCUT2D eigenvalue weighted by molar-refractivity contribution is 5.92. The van der Waals surface area contributed by atoms with Crippen LogP contribution in [0.5, 0.6) is 0 Å². The van der Waals surface area contributed by atoms with Crippen LogP contribution in [0.1, 0.15) is 105 Å². The molecule has 0 unspecified atom stereocenters. The first kappa shape index (κ1) is 22.2. The predicted molar refractivity (Wildman–Crippen MR) is 126 cm³/mol. The summed E-state index contributed by atoms with van der Waals surface area (Å²) in [5.74, 6) is 4.57. The van der Waals surface area contributed by atoms with Gasteiger partial charge in [-0.3, -0.25) is 4.79 Å². The zero-order valence-electron chi connectivity index (χ0n) is 20.8. The molecule has 0 aliphatic heterocycles. The van der Waals surface area contributed by atoms with Crippen molar-refractivity contribution in [3.63, 3.8) is 0 Å². The van der Waals surface area contributed by atoms with Gasteiger partial charge in [-0.05, 0) is 91.3 Å². The number of fused-ring (bicyclic) bond motifs is 6. The molecule has 5 aliphatic carbocycles. The Balaban J connectivity index is 1.40. The van der Waals surface area contributed by atoms with E-state index in [-0.39, 0.29) is 16.9 Å². The minimum Gasteiger partial charge on any atom is -0.393 e. The van der Waals surface area contributed by atoms with Crippen molar-refractivity contribution in [2.45, 2.75) is 111 Å². The number of allylic oxidation sites excluding steroid dienone is 2. The fraction of sp³-hybridized carbons (Fsp3) is 0.897. The van der Waals surface area contributed by atoms with Gasteiger partial charge in [0.25, 0.3) is 0 Å². The van der Waals surface area contributed by atoms with Crippen molar-refractivity contribution in [1.82, 2.24) is 0 Å². The molecule has 8 atom stereocenters. The van der Waals surface area contributed by atoms with Crippen LogP contribution in [-0.2, 0) is 4.79 Å². The van der Waals surface area contributed by atoms with E-state index < -0.39 is 0 Å². The smallest absolute Gasteiger partial charge is 0.143 e. The number of rotatable bonds is 5. The van der Waals surface area contributed by atoms with Crippen LogP contribution in [0.4, 0.5) is 0 Å². The molecule has 5 aliphatic rings. The highest BCUT2D eigenvalue weighted by atomic mass is 16.3. The van der Waals surface area contributed by atoms with Crippen molar-refractivity contribution < 1.29 is 9.90 Å². The summed E-state index contributed by atoms with van der Waals surface area (Å²) >= 11 is 0. The Morgan fingerprint density at radius 2 is 1.84 bits per heavy atom. The Kier molecular flexibility index (Phi) is 5.32. The number of Topliss-reactive ketones (excluding diaryl/α,β-unsaturated/α-hetero) is 1. The monoisotopic (exact) mass is 426 g/mol. The molecule has 0 heterocycles. The van der Waals surface area contributed by atoms with Gasteiger partial charge in [0, 0.05) is 6.42 Å². The fourth-order valence-corrected chi connectivity index (χ4v) is 9.75. The van der Waals surface area contributed by atoms with Gasteiger partial charge in [-0.2, -0.15) is 0 Å². The summed E-state index contributed by atoms with van der Waals surface area (Å²) in [6.07, 6.45) is 15.0. The van der Waals surface area contributed by atoms with Gasteiger partial charge in [-0.25, -0.2) is 0 Å². The summed E-state index contributed by atoms with van der Waals surface area (Å²) < 4.78 is 0. The first-order valence-electron chi connectivity index (χ1n) is 13.6. The van der Waals surface area contributed by atoms with Crippen molar-refractivity contribution >= 4 is 5.78 Å². The second-order valence-corrected chi connectivity index (χ2v) is 13.3. The molecule has 0 bridgehead atoms. The largest absolute Gasteiger partial charge is 0.393 e. The minimum absolute atomic E-state index is 0.0506. The van der Waals surface area contributed by atoms with Crippen molar-refractivity contribution in [3.8, 4) is 0 Å². The van der Waals surface area contributed by atoms with Crippen LogP contribution in [0.3, 0.4) is 0 Å². The van der Waals surface area contributed by atoms with Crippen LogP contribution in [-0.4, -0.2) is 17.0 Å². The molecule has 2 nitrogen and oxygen atoms in total. The van der Waals surface area contributed by atoms with Crippen molar-refractivity contribution in [2.75, 3.05) is 0 Å². The molecule has 0 aromatic carbocycles. The standard InChI is InChI=1S/C29H46O2/c1-18(2)7-6-8-19(3)21-10-11-22-20-9-12-24-27(4,14-13-25(31)29(24)15-16-29)26(20)23(30)17-28(21,22)5/h12,18-23,26,30H,6-11,13-17H2,1-5H3/t19-,20+,21-,22+,23-,26-,27+,28-/m1/s1. The molecular formula is C29H46O2. The minimum atomic E-state index is -0.201. The Morgan fingerprint density at radius 1 is 1.10 bits per heavy atom. The third kappa shape index (κ3) is 3.17. The first-order chi connectivity index (χ1) is 14.6. The average Bonchev–Trinajstić information content (AvgIpc) is 3.40. The van der Waals surface area contributed by atoms with Crippen LogP contribution >= 0.6 is 0 Å². The lowest BCUT2D eigenvalue weighted by molar-refractivity contribution is -0.141. The number of hydrogen-bond acceptors (Lipinski definition) is 2. The number of carbonyl (C=O) groups excluding carboxylic acids is 1. The van der Waals surface area contributed by atoms with E-state index in [1.165, 1.54) is 37.7 Å². The van der Waals surface area contributed by atoms with Crippen molar-refractivity contribution in [3.05, 3.63) is 11.6 Å². The Morgan fingerprint density at radius 3 is 2.52 bits per heavy atom. The Hall–Kier alpha value is -0.630. The topological polar surface area (TPSA) is 37.3 Å². The van der Waals surface area contributed by atoms with Gasteiger partial charge in [0.15, 0.2) is 0 Å². The first-order valence-corrected chi connectivity index (χ1v) is 13.6. The van der Waals surface area contributed by atoms with Crippen molar-refractivity contribution in [2.24, 2.45) is 51.8 Å². The molecule has 0 amide bonds. The molecule has 1 spiro atoms. The van der Waals surface area contributed by atoms with Gasteiger partial charge in [0.1, 0.15) is 5.78 Å². The molecule has 31 heavy (non-hydrogen) atoms. The van der Waals surface area contributed by atoms with E-state index in [1.54, 1.807) is 0 Å². The zero-order chi connectivity index (χ0) is 22.2. The molecule has 0 aromatic heterocycles. The maximum Gasteiger partial charge on any atom is 0.143 e. The number of aliphatic hydroxyl groups excluding tert-OH is 1. The summed E-state index contributed by atoms with van der Waals surface area (Å²) in [5.41, 5.74) is 1.69. The molecule has 4 fully saturated rings. The van der Waals surface area contributed by atoms with E-state index in [4.69, 9.17) is 0 Å². The molecule has 0 aromatic rings. The Bertz CT molecular complexity index is 761. The number of carbonyl (C=O) groups is 1. The Labute approximate surface area is 190 Å². The third-order valence-corrected chi connectivity index (χ3v) is 11.3. The van der Waals surface area contributed by atoms with Crippen LogP contribution in [0.15, 0.2) is 11.6 Å². The van der Waals surface area contributed by atoms with Crippen LogP contribution in [0.25, 0.3) is 0 Å². The summed E-state index contributed by atoms with van der Waals surface area (Å²) in [6, 6.07) is 0. The van der Waals surface area contributed by atoms with Gasteiger partial charge >= 0.3 is 0 Å². The van der Waals surface area contributed by atoms with Gasteiger partial charge < -0.3 is 5.11 Å². The SMILES string of the molecule is CC(C)CCC[C@@H](C)[C@H]1CC[C@H]2[C@@H]3CC=C4C5(CC5)C(=O)CC[C@]4(C)[C@H]3[C@H](O)C[C@]12C. The quantitative estimate of drug-likeness (QED) is 0.483. The maximum atomic E-state index is 12.8. The van der Waals surface area contributed by atoms with E-state index in [2.05, 4.69) is 40.7 Å². The molecule has 5 rings (SSSR count). The van der Waals surface area contributed by atoms with Crippen molar-refractivity contribution in [1.29, 1.82) is 0 Å².